The SMILES string of the molecule is CCCC(=O)NCCNCCN. The van der Waals surface area contributed by atoms with Crippen molar-refractivity contribution in [3.8, 4) is 0 Å². The lowest BCUT2D eigenvalue weighted by Gasteiger charge is -2.04. The van der Waals surface area contributed by atoms with Gasteiger partial charge in [0.15, 0.2) is 0 Å². The fraction of sp³-hybridized carbons (Fsp3) is 0.875. The fourth-order valence-corrected chi connectivity index (χ4v) is 0.833. The van der Waals surface area contributed by atoms with Crippen molar-refractivity contribution in [3.63, 3.8) is 0 Å². The molecule has 12 heavy (non-hydrogen) atoms. The van der Waals surface area contributed by atoms with E-state index >= 15 is 0 Å². The van der Waals surface area contributed by atoms with Gasteiger partial charge in [-0.05, 0) is 6.42 Å². The standard InChI is InChI=1S/C8H19N3O/c1-2-3-8(12)11-7-6-10-5-4-9/h10H,2-7,9H2,1H3,(H,11,12). The van der Waals surface area contributed by atoms with Gasteiger partial charge in [0.1, 0.15) is 0 Å². The Bertz CT molecular complexity index is 117. The van der Waals surface area contributed by atoms with Crippen LogP contribution in [0.15, 0.2) is 0 Å². The van der Waals surface area contributed by atoms with E-state index in [1.807, 2.05) is 6.92 Å². The second-order valence-electron chi connectivity index (χ2n) is 2.64. The third-order valence-corrected chi connectivity index (χ3v) is 1.42. The first-order valence-corrected chi connectivity index (χ1v) is 4.48. The Morgan fingerprint density at radius 1 is 1.33 bits per heavy atom. The molecule has 1 amide bonds. The van der Waals surface area contributed by atoms with Crippen molar-refractivity contribution < 1.29 is 4.79 Å². The largest absolute Gasteiger partial charge is 0.355 e. The predicted octanol–water partition coefficient (Wildman–Crippen LogP) is -0.549. The van der Waals surface area contributed by atoms with E-state index in [0.29, 0.717) is 19.5 Å². The van der Waals surface area contributed by atoms with E-state index in [0.717, 1.165) is 19.5 Å². The molecule has 0 saturated carbocycles. The molecule has 0 aliphatic carbocycles. The van der Waals surface area contributed by atoms with Crippen molar-refractivity contribution in [2.75, 3.05) is 26.2 Å². The lowest BCUT2D eigenvalue weighted by molar-refractivity contribution is -0.121. The summed E-state index contributed by atoms with van der Waals surface area (Å²) in [5, 5.41) is 5.89. The van der Waals surface area contributed by atoms with E-state index in [-0.39, 0.29) is 5.91 Å². The topological polar surface area (TPSA) is 67.2 Å². The molecule has 0 saturated heterocycles. The van der Waals surface area contributed by atoms with Gasteiger partial charge < -0.3 is 16.4 Å². The van der Waals surface area contributed by atoms with Crippen LogP contribution in [0, 0.1) is 0 Å². The van der Waals surface area contributed by atoms with Gasteiger partial charge in [0, 0.05) is 32.6 Å². The van der Waals surface area contributed by atoms with Gasteiger partial charge in [-0.2, -0.15) is 0 Å². The average Bonchev–Trinajstić information content (AvgIpc) is 2.05. The summed E-state index contributed by atoms with van der Waals surface area (Å²) in [6.45, 7) is 4.93. The quantitative estimate of drug-likeness (QED) is 0.453. The Kier molecular flexibility index (Phi) is 8.05. The van der Waals surface area contributed by atoms with E-state index < -0.39 is 0 Å². The zero-order valence-electron chi connectivity index (χ0n) is 7.73. The highest BCUT2D eigenvalue weighted by atomic mass is 16.1. The summed E-state index contributed by atoms with van der Waals surface area (Å²) in [4.78, 5) is 10.9. The van der Waals surface area contributed by atoms with E-state index in [4.69, 9.17) is 5.73 Å². The van der Waals surface area contributed by atoms with Crippen molar-refractivity contribution in [2.45, 2.75) is 19.8 Å². The highest BCUT2D eigenvalue weighted by Crippen LogP contribution is 1.83. The van der Waals surface area contributed by atoms with Gasteiger partial charge in [0.05, 0.1) is 0 Å². The molecule has 4 heteroatoms. The number of nitrogens with two attached hydrogens (primary N) is 1. The van der Waals surface area contributed by atoms with Gasteiger partial charge in [-0.1, -0.05) is 6.92 Å². The van der Waals surface area contributed by atoms with Crippen LogP contribution in [0.5, 0.6) is 0 Å². The van der Waals surface area contributed by atoms with E-state index in [1.54, 1.807) is 0 Å². The van der Waals surface area contributed by atoms with Crippen molar-refractivity contribution >= 4 is 5.91 Å². The zero-order valence-corrected chi connectivity index (χ0v) is 7.73. The molecule has 0 heterocycles. The van der Waals surface area contributed by atoms with Crippen LogP contribution in [0.25, 0.3) is 0 Å². The fourth-order valence-electron chi connectivity index (χ4n) is 0.833. The molecule has 72 valence electrons. The highest BCUT2D eigenvalue weighted by molar-refractivity contribution is 5.75. The molecule has 0 aliphatic heterocycles. The van der Waals surface area contributed by atoms with Crippen LogP contribution in [0.2, 0.25) is 0 Å². The van der Waals surface area contributed by atoms with Crippen LogP contribution in [0.4, 0.5) is 0 Å². The van der Waals surface area contributed by atoms with Crippen LogP contribution in [-0.4, -0.2) is 32.1 Å². The first-order chi connectivity index (χ1) is 5.81. The van der Waals surface area contributed by atoms with Crippen LogP contribution in [0.1, 0.15) is 19.8 Å². The lowest BCUT2D eigenvalue weighted by atomic mass is 10.3. The molecule has 0 aromatic rings. The third-order valence-electron chi connectivity index (χ3n) is 1.42. The van der Waals surface area contributed by atoms with Crippen molar-refractivity contribution in [2.24, 2.45) is 5.73 Å². The maximum atomic E-state index is 10.9. The minimum absolute atomic E-state index is 0.132. The van der Waals surface area contributed by atoms with Gasteiger partial charge in [-0.25, -0.2) is 0 Å². The molecule has 0 unspecified atom stereocenters. The maximum Gasteiger partial charge on any atom is 0.220 e. The Morgan fingerprint density at radius 3 is 2.67 bits per heavy atom. The Labute approximate surface area is 73.9 Å². The normalized spacial score (nSPS) is 9.83. The lowest BCUT2D eigenvalue weighted by Crippen LogP contribution is -2.33. The zero-order chi connectivity index (χ0) is 9.23. The molecule has 0 bridgehead atoms. The molecule has 0 radical (unpaired) electrons. The van der Waals surface area contributed by atoms with Crippen LogP contribution >= 0.6 is 0 Å². The van der Waals surface area contributed by atoms with Gasteiger partial charge in [0.2, 0.25) is 5.91 Å². The highest BCUT2D eigenvalue weighted by Gasteiger charge is 1.95. The van der Waals surface area contributed by atoms with Crippen LogP contribution < -0.4 is 16.4 Å². The minimum Gasteiger partial charge on any atom is -0.355 e. The van der Waals surface area contributed by atoms with Crippen LogP contribution in [0.3, 0.4) is 0 Å². The molecule has 0 aromatic carbocycles. The summed E-state index contributed by atoms with van der Waals surface area (Å²) in [7, 11) is 0. The van der Waals surface area contributed by atoms with Gasteiger partial charge >= 0.3 is 0 Å². The predicted molar refractivity (Wildman–Crippen MR) is 49.8 cm³/mol. The number of carbonyl (C=O) groups is 1. The molecule has 0 fully saturated rings. The second kappa shape index (κ2) is 8.49. The molecule has 4 N–H and O–H groups in total. The number of rotatable bonds is 7. The van der Waals surface area contributed by atoms with Gasteiger partial charge in [0.25, 0.3) is 0 Å². The first-order valence-electron chi connectivity index (χ1n) is 4.48. The second-order valence-corrected chi connectivity index (χ2v) is 2.64. The van der Waals surface area contributed by atoms with Gasteiger partial charge in [-0.3, -0.25) is 4.79 Å². The average molecular weight is 173 g/mol. The van der Waals surface area contributed by atoms with Crippen molar-refractivity contribution in [3.05, 3.63) is 0 Å². The minimum atomic E-state index is 0.132. The van der Waals surface area contributed by atoms with E-state index in [1.165, 1.54) is 0 Å². The molecule has 0 rings (SSSR count). The summed E-state index contributed by atoms with van der Waals surface area (Å²) in [5.41, 5.74) is 5.27. The van der Waals surface area contributed by atoms with E-state index in [9.17, 15) is 4.79 Å². The van der Waals surface area contributed by atoms with E-state index in [2.05, 4.69) is 10.6 Å². The monoisotopic (exact) mass is 173 g/mol. The summed E-state index contributed by atoms with van der Waals surface area (Å²) in [5.74, 6) is 0.132. The molecule has 0 aliphatic rings. The molecule has 0 atom stereocenters. The Morgan fingerprint density at radius 2 is 2.08 bits per heavy atom. The molecule has 4 nitrogen and oxygen atoms in total. The molecule has 0 aromatic heterocycles. The number of nitrogens with one attached hydrogen (secondary N) is 2. The number of hydrogen-bond donors (Lipinski definition) is 3. The number of amides is 1. The van der Waals surface area contributed by atoms with Gasteiger partial charge in [-0.15, -0.1) is 0 Å². The number of carbonyl (C=O) groups excluding carboxylic acids is 1. The third kappa shape index (κ3) is 7.50. The number of hydrogen-bond acceptors (Lipinski definition) is 3. The smallest absolute Gasteiger partial charge is 0.220 e. The first kappa shape index (κ1) is 11.4. The molecular formula is C8H19N3O. The van der Waals surface area contributed by atoms with Crippen molar-refractivity contribution in [1.82, 2.24) is 10.6 Å². The maximum absolute atomic E-state index is 10.9. The summed E-state index contributed by atoms with van der Waals surface area (Å²) in [6, 6.07) is 0. The van der Waals surface area contributed by atoms with Crippen molar-refractivity contribution in [1.29, 1.82) is 0 Å². The Hall–Kier alpha value is -0.610. The summed E-state index contributed by atoms with van der Waals surface area (Å²) >= 11 is 0. The Balaban J connectivity index is 3.03. The van der Waals surface area contributed by atoms with Crippen LogP contribution in [-0.2, 0) is 4.79 Å². The molecule has 0 spiro atoms. The summed E-state index contributed by atoms with van der Waals surface area (Å²) < 4.78 is 0. The molecular weight excluding hydrogens is 154 g/mol. The summed E-state index contributed by atoms with van der Waals surface area (Å²) in [6.07, 6.45) is 1.53.